The topological polar surface area (TPSA) is 127 Å². The summed E-state index contributed by atoms with van der Waals surface area (Å²) >= 11 is 0. The van der Waals surface area contributed by atoms with Crippen LogP contribution in [-0.4, -0.2) is 58.8 Å². The molecule has 1 saturated heterocycles. The SMILES string of the molecule is COc1ccc(C(=O)N2CCC(NC(=O)c3nccnc3NC(=O)c3ccoc3)CC2)cc1. The van der Waals surface area contributed by atoms with Crippen LogP contribution in [0.2, 0.25) is 0 Å². The van der Waals surface area contributed by atoms with E-state index in [4.69, 9.17) is 9.15 Å². The van der Waals surface area contributed by atoms with Crippen molar-refractivity contribution in [1.82, 2.24) is 20.2 Å². The number of ether oxygens (including phenoxy) is 1. The molecule has 170 valence electrons. The van der Waals surface area contributed by atoms with Crippen molar-refractivity contribution >= 4 is 23.5 Å². The molecule has 0 bridgehead atoms. The minimum Gasteiger partial charge on any atom is -0.497 e. The van der Waals surface area contributed by atoms with Gasteiger partial charge >= 0.3 is 0 Å². The Bertz CT molecular complexity index is 1120. The number of piperidine rings is 1. The molecule has 0 atom stereocenters. The Morgan fingerprint density at radius 1 is 1.00 bits per heavy atom. The Hall–Kier alpha value is -4.21. The molecule has 10 heteroatoms. The Morgan fingerprint density at radius 2 is 1.73 bits per heavy atom. The van der Waals surface area contributed by atoms with Crippen molar-refractivity contribution in [2.45, 2.75) is 18.9 Å². The molecule has 3 amide bonds. The number of likely N-dealkylation sites (tertiary alicyclic amines) is 1. The van der Waals surface area contributed by atoms with Gasteiger partial charge in [-0.2, -0.15) is 0 Å². The first-order chi connectivity index (χ1) is 16.0. The first-order valence-electron chi connectivity index (χ1n) is 10.4. The molecule has 2 aromatic heterocycles. The highest BCUT2D eigenvalue weighted by molar-refractivity contribution is 6.07. The molecule has 3 heterocycles. The van der Waals surface area contributed by atoms with Crippen LogP contribution in [-0.2, 0) is 0 Å². The van der Waals surface area contributed by atoms with Gasteiger partial charge in [0.25, 0.3) is 17.7 Å². The summed E-state index contributed by atoms with van der Waals surface area (Å²) in [5.41, 5.74) is 0.919. The van der Waals surface area contributed by atoms with Crippen molar-refractivity contribution in [2.24, 2.45) is 0 Å². The minimum atomic E-state index is -0.455. The van der Waals surface area contributed by atoms with E-state index in [0.717, 1.165) is 0 Å². The van der Waals surface area contributed by atoms with Gasteiger partial charge in [0.1, 0.15) is 12.0 Å². The van der Waals surface area contributed by atoms with Crippen LogP contribution < -0.4 is 15.4 Å². The Balaban J connectivity index is 1.34. The van der Waals surface area contributed by atoms with Crippen LogP contribution in [0.1, 0.15) is 44.0 Å². The van der Waals surface area contributed by atoms with E-state index in [9.17, 15) is 14.4 Å². The lowest BCUT2D eigenvalue weighted by Gasteiger charge is -2.32. The van der Waals surface area contributed by atoms with Crippen molar-refractivity contribution in [3.8, 4) is 5.75 Å². The molecule has 0 aliphatic carbocycles. The molecule has 4 rings (SSSR count). The number of amides is 3. The van der Waals surface area contributed by atoms with Gasteiger partial charge in [-0.05, 0) is 43.2 Å². The number of hydrogen-bond donors (Lipinski definition) is 2. The highest BCUT2D eigenvalue weighted by Gasteiger charge is 2.26. The first-order valence-corrected chi connectivity index (χ1v) is 10.4. The number of anilines is 1. The predicted octanol–water partition coefficient (Wildman–Crippen LogP) is 2.37. The number of nitrogens with zero attached hydrogens (tertiary/aromatic N) is 3. The number of rotatable bonds is 6. The lowest BCUT2D eigenvalue weighted by molar-refractivity contribution is 0.0697. The second-order valence-corrected chi connectivity index (χ2v) is 7.49. The van der Waals surface area contributed by atoms with Crippen LogP contribution in [0.5, 0.6) is 5.75 Å². The van der Waals surface area contributed by atoms with E-state index in [1.165, 1.54) is 31.0 Å². The molecule has 1 aromatic carbocycles. The van der Waals surface area contributed by atoms with E-state index >= 15 is 0 Å². The van der Waals surface area contributed by atoms with Crippen molar-refractivity contribution in [1.29, 1.82) is 0 Å². The van der Waals surface area contributed by atoms with Gasteiger partial charge in [-0.25, -0.2) is 9.97 Å². The number of carbonyl (C=O) groups is 3. The smallest absolute Gasteiger partial charge is 0.273 e. The van der Waals surface area contributed by atoms with Gasteiger partial charge in [-0.3, -0.25) is 14.4 Å². The Morgan fingerprint density at radius 3 is 2.39 bits per heavy atom. The number of methoxy groups -OCH3 is 1. The third-order valence-corrected chi connectivity index (χ3v) is 5.38. The Labute approximate surface area is 190 Å². The van der Waals surface area contributed by atoms with Crippen molar-refractivity contribution < 1.29 is 23.5 Å². The van der Waals surface area contributed by atoms with Gasteiger partial charge in [-0.15, -0.1) is 0 Å². The summed E-state index contributed by atoms with van der Waals surface area (Å²) in [7, 11) is 1.58. The molecule has 1 aliphatic rings. The standard InChI is InChI=1S/C23H23N5O5/c1-32-18-4-2-15(3-5-18)23(31)28-11-6-17(7-12-28)26-22(30)19-20(25-10-9-24-19)27-21(29)16-8-13-33-14-16/h2-5,8-10,13-14,17H,6-7,11-12H2,1H3,(H,26,30)(H,25,27,29). The molecule has 10 nitrogen and oxygen atoms in total. The lowest BCUT2D eigenvalue weighted by atomic mass is 10.0. The molecule has 0 radical (unpaired) electrons. The van der Waals surface area contributed by atoms with Crippen molar-refractivity contribution in [3.05, 3.63) is 72.1 Å². The second-order valence-electron chi connectivity index (χ2n) is 7.49. The number of nitrogens with one attached hydrogen (secondary N) is 2. The van der Waals surface area contributed by atoms with Gasteiger partial charge in [0.15, 0.2) is 11.5 Å². The molecular weight excluding hydrogens is 426 g/mol. The highest BCUT2D eigenvalue weighted by Crippen LogP contribution is 2.18. The highest BCUT2D eigenvalue weighted by atomic mass is 16.5. The van der Waals surface area contributed by atoms with Crippen LogP contribution >= 0.6 is 0 Å². The normalized spacial score (nSPS) is 13.9. The van der Waals surface area contributed by atoms with Crippen LogP contribution in [0.15, 0.2) is 59.7 Å². The third kappa shape index (κ3) is 5.17. The van der Waals surface area contributed by atoms with Crippen LogP contribution in [0.3, 0.4) is 0 Å². The molecule has 3 aromatic rings. The third-order valence-electron chi connectivity index (χ3n) is 5.38. The fourth-order valence-corrected chi connectivity index (χ4v) is 3.57. The van der Waals surface area contributed by atoms with E-state index in [1.807, 2.05) is 0 Å². The van der Waals surface area contributed by atoms with Crippen molar-refractivity contribution in [3.63, 3.8) is 0 Å². The summed E-state index contributed by atoms with van der Waals surface area (Å²) in [5, 5.41) is 5.52. The summed E-state index contributed by atoms with van der Waals surface area (Å²) in [5.74, 6) is -0.194. The average molecular weight is 449 g/mol. The van der Waals surface area contributed by atoms with Crippen molar-refractivity contribution in [2.75, 3.05) is 25.5 Å². The fraction of sp³-hybridized carbons (Fsp3) is 0.261. The van der Waals surface area contributed by atoms with Crippen LogP contribution in [0.4, 0.5) is 5.82 Å². The number of hydrogen-bond acceptors (Lipinski definition) is 7. The predicted molar refractivity (Wildman–Crippen MR) is 118 cm³/mol. The molecular formula is C23H23N5O5. The zero-order valence-corrected chi connectivity index (χ0v) is 18.0. The Kier molecular flexibility index (Phi) is 6.63. The monoisotopic (exact) mass is 449 g/mol. The maximum Gasteiger partial charge on any atom is 0.273 e. The molecule has 33 heavy (non-hydrogen) atoms. The van der Waals surface area contributed by atoms with Gasteiger partial charge in [0, 0.05) is 37.1 Å². The zero-order chi connectivity index (χ0) is 23.2. The number of carbonyl (C=O) groups excluding carboxylic acids is 3. The van der Waals surface area contributed by atoms with Crippen LogP contribution in [0, 0.1) is 0 Å². The molecule has 2 N–H and O–H groups in total. The van der Waals surface area contributed by atoms with Gasteiger partial charge < -0.3 is 24.7 Å². The first kappa shape index (κ1) is 22.0. The number of furan rings is 1. The minimum absolute atomic E-state index is 0.0195. The molecule has 0 spiro atoms. The largest absolute Gasteiger partial charge is 0.497 e. The molecule has 0 saturated carbocycles. The molecule has 0 unspecified atom stereocenters. The summed E-state index contributed by atoms with van der Waals surface area (Å²) in [6.07, 6.45) is 6.66. The summed E-state index contributed by atoms with van der Waals surface area (Å²) in [6, 6.07) is 8.36. The maximum atomic E-state index is 12.8. The number of benzene rings is 1. The molecule has 1 fully saturated rings. The fourth-order valence-electron chi connectivity index (χ4n) is 3.57. The van der Waals surface area contributed by atoms with Gasteiger partial charge in [0.05, 0.1) is 18.9 Å². The summed E-state index contributed by atoms with van der Waals surface area (Å²) in [6.45, 7) is 1.03. The maximum absolute atomic E-state index is 12.8. The lowest BCUT2D eigenvalue weighted by Crippen LogP contribution is -2.46. The van der Waals surface area contributed by atoms with E-state index in [1.54, 1.807) is 36.3 Å². The van der Waals surface area contributed by atoms with Gasteiger partial charge in [0.2, 0.25) is 0 Å². The zero-order valence-electron chi connectivity index (χ0n) is 18.0. The summed E-state index contributed by atoms with van der Waals surface area (Å²) < 4.78 is 10.0. The number of aromatic nitrogens is 2. The van der Waals surface area contributed by atoms with E-state index in [0.29, 0.717) is 42.8 Å². The summed E-state index contributed by atoms with van der Waals surface area (Å²) in [4.78, 5) is 47.8. The quantitative estimate of drug-likeness (QED) is 0.591. The second kappa shape index (κ2) is 9.94. The van der Waals surface area contributed by atoms with Gasteiger partial charge in [-0.1, -0.05) is 0 Å². The van der Waals surface area contributed by atoms with E-state index in [-0.39, 0.29) is 23.5 Å². The molecule has 1 aliphatic heterocycles. The average Bonchev–Trinajstić information content (AvgIpc) is 3.40. The van der Waals surface area contributed by atoms with E-state index in [2.05, 4.69) is 20.6 Å². The van der Waals surface area contributed by atoms with Crippen LogP contribution in [0.25, 0.3) is 0 Å². The van der Waals surface area contributed by atoms with E-state index < -0.39 is 11.8 Å².